The number of nitrogens with one attached hydrogen (secondary N) is 1. The number of hydrogen-bond acceptors (Lipinski definition) is 5. The molecule has 0 spiro atoms. The minimum atomic E-state index is -0.218. The van der Waals surface area contributed by atoms with E-state index in [0.717, 1.165) is 73.6 Å². The summed E-state index contributed by atoms with van der Waals surface area (Å²) in [5, 5.41) is 13.2. The van der Waals surface area contributed by atoms with Crippen LogP contribution in [0.2, 0.25) is 0 Å². The van der Waals surface area contributed by atoms with E-state index < -0.39 is 0 Å². The third-order valence-corrected chi connectivity index (χ3v) is 4.70. The normalized spacial score (nSPS) is 20.0. The quantitative estimate of drug-likeness (QED) is 0.926. The molecule has 1 N–H and O–H groups in total. The Morgan fingerprint density at radius 2 is 2.04 bits per heavy atom. The summed E-state index contributed by atoms with van der Waals surface area (Å²) in [7, 11) is 0. The molecule has 0 aromatic carbocycles. The number of rotatable bonds is 3. The van der Waals surface area contributed by atoms with Crippen molar-refractivity contribution < 1.29 is 4.74 Å². The molecule has 1 aromatic heterocycles. The lowest BCUT2D eigenvalue weighted by Gasteiger charge is -2.36. The Morgan fingerprint density at radius 3 is 2.70 bits per heavy atom. The molecule has 5 heteroatoms. The van der Waals surface area contributed by atoms with Crippen molar-refractivity contribution in [1.82, 2.24) is 10.3 Å². The fourth-order valence-corrected chi connectivity index (χ4v) is 3.49. The van der Waals surface area contributed by atoms with E-state index in [2.05, 4.69) is 37.1 Å². The molecule has 124 valence electrons. The van der Waals surface area contributed by atoms with Gasteiger partial charge in [0.1, 0.15) is 11.9 Å². The average Bonchev–Trinajstić information content (AvgIpc) is 2.54. The number of piperazine rings is 1. The third-order valence-electron chi connectivity index (χ3n) is 4.70. The molecule has 2 aliphatic rings. The van der Waals surface area contributed by atoms with Crippen LogP contribution in [-0.2, 0) is 24.2 Å². The number of hydrogen-bond donors (Lipinski definition) is 1. The molecule has 2 aliphatic heterocycles. The van der Waals surface area contributed by atoms with Gasteiger partial charge >= 0.3 is 0 Å². The van der Waals surface area contributed by atoms with Gasteiger partial charge in [-0.1, -0.05) is 13.3 Å². The topological polar surface area (TPSA) is 61.2 Å². The largest absolute Gasteiger partial charge is 0.370 e. The summed E-state index contributed by atoms with van der Waals surface area (Å²) in [6.45, 7) is 10.6. The molecule has 1 aromatic rings. The third kappa shape index (κ3) is 3.19. The van der Waals surface area contributed by atoms with Gasteiger partial charge in [-0.15, -0.1) is 0 Å². The summed E-state index contributed by atoms with van der Waals surface area (Å²) in [5.74, 6) is 0.883. The maximum absolute atomic E-state index is 9.82. The molecule has 0 atom stereocenters. The molecule has 1 fully saturated rings. The van der Waals surface area contributed by atoms with Crippen LogP contribution < -0.4 is 10.2 Å². The van der Waals surface area contributed by atoms with Crippen LogP contribution in [0.15, 0.2) is 0 Å². The van der Waals surface area contributed by atoms with Crippen molar-refractivity contribution in [3.63, 3.8) is 0 Å². The highest BCUT2D eigenvalue weighted by atomic mass is 16.5. The number of fused-ring (bicyclic) bond motifs is 1. The second-order valence-electron chi connectivity index (χ2n) is 7.04. The SMILES string of the molecule is CCCc1nc(N2CCNCC2)c(C#N)c2c1COC(C)(C)C2. The van der Waals surface area contributed by atoms with E-state index in [1.807, 2.05) is 0 Å². The molecular formula is C18H26N4O. The van der Waals surface area contributed by atoms with Gasteiger partial charge in [0.05, 0.1) is 17.8 Å². The standard InChI is InChI=1S/C18H26N4O/c1-4-5-16-15-12-23-18(2,3)10-13(15)14(11-19)17(21-16)22-8-6-20-7-9-22/h20H,4-10,12H2,1-3H3. The van der Waals surface area contributed by atoms with Gasteiger partial charge in [-0.2, -0.15) is 5.26 Å². The molecule has 23 heavy (non-hydrogen) atoms. The summed E-state index contributed by atoms with van der Waals surface area (Å²) in [6, 6.07) is 2.45. The molecular weight excluding hydrogens is 288 g/mol. The molecule has 0 radical (unpaired) electrons. The minimum absolute atomic E-state index is 0.218. The highest BCUT2D eigenvalue weighted by Crippen LogP contribution is 2.35. The molecule has 3 rings (SSSR count). The predicted molar refractivity (Wildman–Crippen MR) is 90.6 cm³/mol. The first kappa shape index (κ1) is 16.2. The van der Waals surface area contributed by atoms with Gasteiger partial charge in [-0.05, 0) is 25.8 Å². The number of nitrogens with zero attached hydrogens (tertiary/aromatic N) is 3. The van der Waals surface area contributed by atoms with Gasteiger partial charge in [0, 0.05) is 43.9 Å². The summed E-state index contributed by atoms with van der Waals surface area (Å²) in [5.41, 5.74) is 3.98. The fourth-order valence-electron chi connectivity index (χ4n) is 3.49. The van der Waals surface area contributed by atoms with Crippen LogP contribution >= 0.6 is 0 Å². The zero-order valence-corrected chi connectivity index (χ0v) is 14.4. The van der Waals surface area contributed by atoms with Gasteiger partial charge in [0.2, 0.25) is 0 Å². The molecule has 1 saturated heterocycles. The number of aromatic nitrogens is 1. The first-order chi connectivity index (χ1) is 11.1. The van der Waals surface area contributed by atoms with E-state index in [1.165, 1.54) is 0 Å². The predicted octanol–water partition coefficient (Wildman–Crippen LogP) is 2.17. The number of pyridine rings is 1. The lowest BCUT2D eigenvalue weighted by molar-refractivity contribution is -0.0407. The Bertz CT molecular complexity index is 627. The Balaban J connectivity index is 2.12. The highest BCUT2D eigenvalue weighted by molar-refractivity contribution is 5.62. The van der Waals surface area contributed by atoms with Crippen molar-refractivity contribution in [3.8, 4) is 6.07 Å². The summed E-state index contributed by atoms with van der Waals surface area (Å²) >= 11 is 0. The molecule has 0 saturated carbocycles. The fraction of sp³-hybridized carbons (Fsp3) is 0.667. The Labute approximate surface area is 138 Å². The molecule has 0 amide bonds. The van der Waals surface area contributed by atoms with Gasteiger partial charge in [0.25, 0.3) is 0 Å². The van der Waals surface area contributed by atoms with E-state index in [0.29, 0.717) is 6.61 Å². The maximum Gasteiger partial charge on any atom is 0.147 e. The van der Waals surface area contributed by atoms with Crippen molar-refractivity contribution in [3.05, 3.63) is 22.4 Å². The van der Waals surface area contributed by atoms with Crippen LogP contribution in [0.3, 0.4) is 0 Å². The maximum atomic E-state index is 9.82. The van der Waals surface area contributed by atoms with Crippen molar-refractivity contribution in [2.45, 2.75) is 52.2 Å². The first-order valence-corrected chi connectivity index (χ1v) is 8.60. The molecule has 3 heterocycles. The lowest BCUT2D eigenvalue weighted by Crippen LogP contribution is -2.44. The van der Waals surface area contributed by atoms with Crippen LogP contribution in [0.4, 0.5) is 5.82 Å². The van der Waals surface area contributed by atoms with E-state index in [-0.39, 0.29) is 5.60 Å². The average molecular weight is 314 g/mol. The zero-order chi connectivity index (χ0) is 16.4. The summed E-state index contributed by atoms with van der Waals surface area (Å²) < 4.78 is 5.99. The lowest BCUT2D eigenvalue weighted by atomic mass is 9.87. The van der Waals surface area contributed by atoms with Gasteiger partial charge in [0.15, 0.2) is 0 Å². The Kier molecular flexibility index (Phi) is 4.56. The van der Waals surface area contributed by atoms with Crippen molar-refractivity contribution in [1.29, 1.82) is 5.26 Å². The van der Waals surface area contributed by atoms with Gasteiger partial charge < -0.3 is 15.0 Å². The first-order valence-electron chi connectivity index (χ1n) is 8.60. The van der Waals surface area contributed by atoms with E-state index >= 15 is 0 Å². The van der Waals surface area contributed by atoms with Crippen LogP contribution in [0.25, 0.3) is 0 Å². The van der Waals surface area contributed by atoms with Gasteiger partial charge in [-0.25, -0.2) is 4.98 Å². The monoisotopic (exact) mass is 314 g/mol. The van der Waals surface area contributed by atoms with Crippen LogP contribution in [0.1, 0.15) is 49.6 Å². The van der Waals surface area contributed by atoms with Crippen molar-refractivity contribution in [2.24, 2.45) is 0 Å². The van der Waals surface area contributed by atoms with Crippen LogP contribution in [0.5, 0.6) is 0 Å². The van der Waals surface area contributed by atoms with E-state index in [4.69, 9.17) is 9.72 Å². The number of aryl methyl sites for hydroxylation is 1. The van der Waals surface area contributed by atoms with Crippen LogP contribution in [-0.4, -0.2) is 36.8 Å². The number of anilines is 1. The molecule has 0 aliphatic carbocycles. The number of ether oxygens (including phenoxy) is 1. The Morgan fingerprint density at radius 1 is 1.30 bits per heavy atom. The van der Waals surface area contributed by atoms with Crippen molar-refractivity contribution in [2.75, 3.05) is 31.1 Å². The Hall–Kier alpha value is -1.64. The van der Waals surface area contributed by atoms with Crippen molar-refractivity contribution >= 4 is 5.82 Å². The highest BCUT2D eigenvalue weighted by Gasteiger charge is 2.32. The zero-order valence-electron chi connectivity index (χ0n) is 14.4. The van der Waals surface area contributed by atoms with Gasteiger partial charge in [-0.3, -0.25) is 0 Å². The smallest absolute Gasteiger partial charge is 0.147 e. The number of nitriles is 1. The second-order valence-corrected chi connectivity index (χ2v) is 7.04. The summed E-state index contributed by atoms with van der Waals surface area (Å²) in [4.78, 5) is 7.17. The molecule has 5 nitrogen and oxygen atoms in total. The van der Waals surface area contributed by atoms with E-state index in [1.54, 1.807) is 0 Å². The second kappa shape index (κ2) is 6.46. The summed E-state index contributed by atoms with van der Waals surface area (Å²) in [6.07, 6.45) is 2.77. The molecule has 0 bridgehead atoms. The van der Waals surface area contributed by atoms with E-state index in [9.17, 15) is 5.26 Å². The van der Waals surface area contributed by atoms with Crippen LogP contribution in [0, 0.1) is 11.3 Å². The minimum Gasteiger partial charge on any atom is -0.370 e. The molecule has 0 unspecified atom stereocenters.